The lowest BCUT2D eigenvalue weighted by Gasteiger charge is -2.14. The molecule has 35 heavy (non-hydrogen) atoms. The van der Waals surface area contributed by atoms with Crippen molar-refractivity contribution >= 4 is 29.1 Å². The SMILES string of the molecule is Cc1c(CC(=O)O)cccc1OCCONC(=Cc1cccs1)c1ccc(-c2ccccc2)cc1. The molecular weight excluding hydrogens is 458 g/mol. The Labute approximate surface area is 209 Å². The summed E-state index contributed by atoms with van der Waals surface area (Å²) in [6, 6.07) is 28.1. The normalized spacial score (nSPS) is 11.3. The maximum absolute atomic E-state index is 11.0. The topological polar surface area (TPSA) is 67.8 Å². The van der Waals surface area contributed by atoms with E-state index in [1.54, 1.807) is 23.5 Å². The fourth-order valence-electron chi connectivity index (χ4n) is 3.65. The van der Waals surface area contributed by atoms with E-state index in [1.165, 1.54) is 5.56 Å². The van der Waals surface area contributed by atoms with Crippen molar-refractivity contribution in [2.75, 3.05) is 13.2 Å². The summed E-state index contributed by atoms with van der Waals surface area (Å²) in [4.78, 5) is 17.9. The zero-order valence-corrected chi connectivity index (χ0v) is 20.3. The largest absolute Gasteiger partial charge is 0.491 e. The van der Waals surface area contributed by atoms with Crippen LogP contribution >= 0.6 is 11.3 Å². The van der Waals surface area contributed by atoms with Crippen LogP contribution in [0.1, 0.15) is 21.6 Å². The number of hydrogen-bond acceptors (Lipinski definition) is 5. The minimum Gasteiger partial charge on any atom is -0.491 e. The molecule has 0 aliphatic heterocycles. The highest BCUT2D eigenvalue weighted by molar-refractivity contribution is 7.10. The first-order valence-corrected chi connectivity index (χ1v) is 12.2. The van der Waals surface area contributed by atoms with E-state index in [1.807, 2.05) is 42.6 Å². The smallest absolute Gasteiger partial charge is 0.307 e. The van der Waals surface area contributed by atoms with Gasteiger partial charge in [0, 0.05) is 4.88 Å². The molecule has 0 unspecified atom stereocenters. The van der Waals surface area contributed by atoms with Gasteiger partial charge < -0.3 is 9.84 Å². The lowest BCUT2D eigenvalue weighted by molar-refractivity contribution is -0.136. The molecule has 1 heterocycles. The van der Waals surface area contributed by atoms with Gasteiger partial charge >= 0.3 is 5.97 Å². The lowest BCUT2D eigenvalue weighted by atomic mass is 10.0. The van der Waals surface area contributed by atoms with Gasteiger partial charge in [0.05, 0.1) is 12.1 Å². The summed E-state index contributed by atoms with van der Waals surface area (Å²) >= 11 is 1.66. The summed E-state index contributed by atoms with van der Waals surface area (Å²) in [6.07, 6.45) is 2.03. The third-order valence-electron chi connectivity index (χ3n) is 5.50. The molecule has 4 aromatic rings. The second-order valence-corrected chi connectivity index (χ2v) is 8.91. The van der Waals surface area contributed by atoms with Crippen molar-refractivity contribution in [1.82, 2.24) is 5.48 Å². The Morgan fingerprint density at radius 1 is 0.914 bits per heavy atom. The predicted octanol–water partition coefficient (Wildman–Crippen LogP) is 6.45. The summed E-state index contributed by atoms with van der Waals surface area (Å²) in [5, 5.41) is 11.1. The maximum Gasteiger partial charge on any atom is 0.307 e. The Balaban J connectivity index is 1.38. The van der Waals surface area contributed by atoms with E-state index in [2.05, 4.69) is 54.0 Å². The van der Waals surface area contributed by atoms with Gasteiger partial charge in [-0.3, -0.25) is 15.1 Å². The van der Waals surface area contributed by atoms with Gasteiger partial charge in [0.25, 0.3) is 0 Å². The molecule has 1 aromatic heterocycles. The molecule has 0 atom stereocenters. The molecule has 3 aromatic carbocycles. The number of nitrogens with one attached hydrogen (secondary N) is 1. The summed E-state index contributed by atoms with van der Waals surface area (Å²) in [6.45, 7) is 2.50. The number of hydroxylamine groups is 1. The van der Waals surface area contributed by atoms with Crippen LogP contribution in [-0.2, 0) is 16.1 Å². The highest BCUT2D eigenvalue weighted by Crippen LogP contribution is 2.24. The number of carbonyl (C=O) groups is 1. The van der Waals surface area contributed by atoms with Gasteiger partial charge in [0.2, 0.25) is 0 Å². The minimum atomic E-state index is -0.861. The minimum absolute atomic E-state index is 0.0268. The molecule has 0 saturated heterocycles. The molecule has 178 valence electrons. The molecule has 4 rings (SSSR count). The Hall–Kier alpha value is -3.87. The fourth-order valence-corrected chi connectivity index (χ4v) is 4.31. The van der Waals surface area contributed by atoms with Gasteiger partial charge in [-0.05, 0) is 58.3 Å². The standard InChI is InChI=1S/C29H27NO4S/c1-21-25(19-29(31)32)9-5-11-28(21)33-16-17-34-30-27(20-26-10-6-18-35-26)24-14-12-23(13-15-24)22-7-3-2-4-8-22/h2-15,18,20,30H,16-17,19H2,1H3,(H,31,32). The number of hydrogen-bond donors (Lipinski definition) is 2. The van der Waals surface area contributed by atoms with Gasteiger partial charge in [0.15, 0.2) is 0 Å². The molecule has 0 aliphatic carbocycles. The highest BCUT2D eigenvalue weighted by Gasteiger charge is 2.09. The molecular formula is C29H27NO4S. The first kappa shape index (κ1) is 24.3. The molecule has 0 bridgehead atoms. The van der Waals surface area contributed by atoms with Crippen molar-refractivity contribution in [2.45, 2.75) is 13.3 Å². The van der Waals surface area contributed by atoms with Gasteiger partial charge in [-0.15, -0.1) is 11.3 Å². The predicted molar refractivity (Wildman–Crippen MR) is 141 cm³/mol. The fraction of sp³-hybridized carbons (Fsp3) is 0.138. The average molecular weight is 486 g/mol. The number of aliphatic carboxylic acids is 1. The van der Waals surface area contributed by atoms with Crippen LogP contribution < -0.4 is 10.2 Å². The number of rotatable bonds is 11. The van der Waals surface area contributed by atoms with Crippen molar-refractivity contribution in [3.05, 3.63) is 112 Å². The number of benzene rings is 3. The molecule has 0 amide bonds. The third-order valence-corrected chi connectivity index (χ3v) is 6.32. The van der Waals surface area contributed by atoms with Gasteiger partial charge in [0.1, 0.15) is 19.0 Å². The number of ether oxygens (including phenoxy) is 1. The summed E-state index contributed by atoms with van der Waals surface area (Å²) < 4.78 is 5.84. The summed E-state index contributed by atoms with van der Waals surface area (Å²) in [5.41, 5.74) is 8.85. The highest BCUT2D eigenvalue weighted by atomic mass is 32.1. The third kappa shape index (κ3) is 6.82. The van der Waals surface area contributed by atoms with Crippen LogP contribution in [0.2, 0.25) is 0 Å². The Morgan fingerprint density at radius 2 is 1.69 bits per heavy atom. The van der Waals surface area contributed by atoms with E-state index in [-0.39, 0.29) is 6.42 Å². The molecule has 0 fully saturated rings. The second-order valence-electron chi connectivity index (χ2n) is 7.93. The molecule has 0 radical (unpaired) electrons. The second kappa shape index (κ2) is 12.0. The maximum atomic E-state index is 11.0. The first-order valence-electron chi connectivity index (χ1n) is 11.3. The van der Waals surface area contributed by atoms with Crippen LogP contribution in [0, 0.1) is 6.92 Å². The number of carboxylic acids is 1. The lowest BCUT2D eigenvalue weighted by Crippen LogP contribution is -2.18. The van der Waals surface area contributed by atoms with E-state index >= 15 is 0 Å². The zero-order chi connectivity index (χ0) is 24.5. The van der Waals surface area contributed by atoms with Crippen molar-refractivity contribution in [3.63, 3.8) is 0 Å². The van der Waals surface area contributed by atoms with Crippen molar-refractivity contribution in [3.8, 4) is 16.9 Å². The monoisotopic (exact) mass is 485 g/mol. The van der Waals surface area contributed by atoms with Gasteiger partial charge in [-0.1, -0.05) is 72.8 Å². The molecule has 6 heteroatoms. The van der Waals surface area contributed by atoms with E-state index in [9.17, 15) is 4.79 Å². The quantitative estimate of drug-likeness (QED) is 0.189. The van der Waals surface area contributed by atoms with Crippen LogP contribution in [0.3, 0.4) is 0 Å². The van der Waals surface area contributed by atoms with Crippen LogP contribution in [0.5, 0.6) is 5.75 Å². The number of carboxylic acid groups (broad SMARTS) is 1. The van der Waals surface area contributed by atoms with E-state index in [4.69, 9.17) is 14.7 Å². The van der Waals surface area contributed by atoms with Crippen molar-refractivity contribution < 1.29 is 19.5 Å². The van der Waals surface area contributed by atoms with Crippen LogP contribution in [0.25, 0.3) is 22.9 Å². The Bertz CT molecular complexity index is 1270. The van der Waals surface area contributed by atoms with E-state index in [0.717, 1.165) is 32.8 Å². The number of thiophene rings is 1. The first-order chi connectivity index (χ1) is 17.1. The van der Waals surface area contributed by atoms with Crippen molar-refractivity contribution in [2.24, 2.45) is 0 Å². The van der Waals surface area contributed by atoms with E-state index in [0.29, 0.717) is 19.0 Å². The molecule has 0 aliphatic rings. The Morgan fingerprint density at radius 3 is 2.40 bits per heavy atom. The van der Waals surface area contributed by atoms with Crippen LogP contribution in [0.4, 0.5) is 0 Å². The zero-order valence-electron chi connectivity index (χ0n) is 19.4. The average Bonchev–Trinajstić information content (AvgIpc) is 3.39. The summed E-state index contributed by atoms with van der Waals surface area (Å²) in [5.74, 6) is -0.196. The molecule has 0 spiro atoms. The van der Waals surface area contributed by atoms with E-state index < -0.39 is 5.97 Å². The Kier molecular flexibility index (Phi) is 8.33. The molecule has 2 N–H and O–H groups in total. The van der Waals surface area contributed by atoms with Crippen molar-refractivity contribution in [1.29, 1.82) is 0 Å². The molecule has 0 saturated carbocycles. The summed E-state index contributed by atoms with van der Waals surface area (Å²) in [7, 11) is 0. The van der Waals surface area contributed by atoms with Gasteiger partial charge in [-0.2, -0.15) is 0 Å². The van der Waals surface area contributed by atoms with Gasteiger partial charge in [-0.25, -0.2) is 0 Å². The van der Waals surface area contributed by atoms with Crippen LogP contribution in [0.15, 0.2) is 90.3 Å². The molecule has 5 nitrogen and oxygen atoms in total. The van der Waals surface area contributed by atoms with Crippen LogP contribution in [-0.4, -0.2) is 24.3 Å².